The summed E-state index contributed by atoms with van der Waals surface area (Å²) in [5.74, 6) is 0. The van der Waals surface area contributed by atoms with Crippen LogP contribution < -0.4 is 20.7 Å². The number of hydrogen-bond donors (Lipinski definition) is 1. The first-order valence-corrected chi connectivity index (χ1v) is 11.1. The van der Waals surface area contributed by atoms with E-state index in [1.54, 1.807) is 0 Å². The van der Waals surface area contributed by atoms with E-state index in [9.17, 15) is 4.79 Å². The van der Waals surface area contributed by atoms with E-state index in [1.165, 1.54) is 21.5 Å². The predicted octanol–water partition coefficient (Wildman–Crippen LogP) is 2.87. The smallest absolute Gasteiger partial charge is 0.283 e. The standard InChI is InChI=1S/C22H25N7OS/c1-26(2)16-7-8-18-19(14-16)24-22-29(20(18)30)25-21(31-22)23-15-5-4-6-17(13-15)28-11-9-27(3)10-12-28/h4-8,13-14H,9-12H2,1-3H3,(H,23,25). The maximum Gasteiger partial charge on any atom is 0.283 e. The van der Waals surface area contributed by atoms with Crippen LogP contribution >= 0.6 is 11.3 Å². The fourth-order valence-electron chi connectivity index (χ4n) is 3.79. The molecule has 1 N–H and O–H groups in total. The van der Waals surface area contributed by atoms with E-state index in [1.807, 2.05) is 49.3 Å². The minimum absolute atomic E-state index is 0.152. The van der Waals surface area contributed by atoms with Gasteiger partial charge >= 0.3 is 0 Å². The van der Waals surface area contributed by atoms with Crippen LogP contribution in [0.2, 0.25) is 0 Å². The van der Waals surface area contributed by atoms with Crippen LogP contribution in [0.5, 0.6) is 0 Å². The number of benzene rings is 2. The lowest BCUT2D eigenvalue weighted by Crippen LogP contribution is -2.44. The summed E-state index contributed by atoms with van der Waals surface area (Å²) < 4.78 is 1.38. The molecule has 1 fully saturated rings. The second kappa shape index (κ2) is 7.82. The van der Waals surface area contributed by atoms with Gasteiger partial charge in [-0.3, -0.25) is 4.79 Å². The molecule has 3 heterocycles. The highest BCUT2D eigenvalue weighted by Gasteiger charge is 2.15. The van der Waals surface area contributed by atoms with E-state index < -0.39 is 0 Å². The quantitative estimate of drug-likeness (QED) is 0.529. The molecule has 1 aliphatic rings. The zero-order chi connectivity index (χ0) is 21.5. The van der Waals surface area contributed by atoms with Gasteiger partial charge in [0, 0.05) is 57.3 Å². The van der Waals surface area contributed by atoms with Crippen molar-refractivity contribution in [3.63, 3.8) is 0 Å². The van der Waals surface area contributed by atoms with Crippen molar-refractivity contribution in [1.82, 2.24) is 19.5 Å². The van der Waals surface area contributed by atoms with E-state index in [2.05, 4.69) is 44.4 Å². The van der Waals surface area contributed by atoms with Crippen LogP contribution in [-0.2, 0) is 0 Å². The fourth-order valence-corrected chi connectivity index (χ4v) is 4.61. The third-order valence-corrected chi connectivity index (χ3v) is 6.49. The van der Waals surface area contributed by atoms with Gasteiger partial charge in [0.25, 0.3) is 5.56 Å². The monoisotopic (exact) mass is 435 g/mol. The number of nitrogens with zero attached hydrogens (tertiary/aromatic N) is 6. The van der Waals surface area contributed by atoms with E-state index in [-0.39, 0.29) is 5.56 Å². The number of hydrogen-bond acceptors (Lipinski definition) is 8. The van der Waals surface area contributed by atoms with Crippen LogP contribution in [-0.4, -0.2) is 66.8 Å². The lowest BCUT2D eigenvalue weighted by molar-refractivity contribution is 0.313. The Labute approximate surface area is 184 Å². The highest BCUT2D eigenvalue weighted by atomic mass is 32.1. The van der Waals surface area contributed by atoms with Crippen LogP contribution in [0, 0.1) is 0 Å². The third kappa shape index (κ3) is 3.82. The molecule has 0 atom stereocenters. The van der Waals surface area contributed by atoms with Crippen molar-refractivity contribution in [2.75, 3.05) is 62.4 Å². The van der Waals surface area contributed by atoms with E-state index in [0.29, 0.717) is 21.0 Å². The first-order chi connectivity index (χ1) is 15.0. The number of rotatable bonds is 4. The van der Waals surface area contributed by atoms with Crippen LogP contribution in [0.4, 0.5) is 22.2 Å². The van der Waals surface area contributed by atoms with E-state index >= 15 is 0 Å². The molecule has 0 amide bonds. The number of likely N-dealkylation sites (N-methyl/N-ethyl adjacent to an activating group) is 1. The molecule has 2 aromatic heterocycles. The fraction of sp³-hybridized carbons (Fsp3) is 0.318. The summed E-state index contributed by atoms with van der Waals surface area (Å²) in [4.78, 5) is 24.9. The molecule has 0 spiro atoms. The van der Waals surface area contributed by atoms with Gasteiger partial charge in [-0.2, -0.15) is 4.52 Å². The Morgan fingerprint density at radius 1 is 1.06 bits per heavy atom. The predicted molar refractivity (Wildman–Crippen MR) is 128 cm³/mol. The molecule has 160 valence electrons. The number of nitrogens with one attached hydrogen (secondary N) is 1. The minimum Gasteiger partial charge on any atom is -0.378 e. The van der Waals surface area contributed by atoms with Gasteiger partial charge in [-0.15, -0.1) is 5.10 Å². The van der Waals surface area contributed by atoms with Gasteiger partial charge in [0.15, 0.2) is 0 Å². The molecular weight excluding hydrogens is 410 g/mol. The molecule has 0 radical (unpaired) electrons. The summed E-state index contributed by atoms with van der Waals surface area (Å²) in [6, 6.07) is 14.0. The summed E-state index contributed by atoms with van der Waals surface area (Å²) in [5, 5.41) is 9.05. The molecule has 8 nitrogen and oxygen atoms in total. The van der Waals surface area contributed by atoms with Crippen molar-refractivity contribution >= 4 is 49.4 Å². The SMILES string of the molecule is CN1CCN(c2cccc(Nc3nn4c(=O)c5ccc(N(C)C)cc5nc4s3)c2)CC1. The Kier molecular flexibility index (Phi) is 4.99. The Balaban J connectivity index is 1.46. The summed E-state index contributed by atoms with van der Waals surface area (Å²) in [7, 11) is 6.10. The Morgan fingerprint density at radius 2 is 1.87 bits per heavy atom. The normalized spacial score (nSPS) is 15.0. The lowest BCUT2D eigenvalue weighted by atomic mass is 10.2. The van der Waals surface area contributed by atoms with Crippen LogP contribution in [0.15, 0.2) is 47.3 Å². The van der Waals surface area contributed by atoms with E-state index in [0.717, 1.165) is 37.6 Å². The topological polar surface area (TPSA) is 69.0 Å². The molecule has 1 aliphatic heterocycles. The first-order valence-electron chi connectivity index (χ1n) is 10.3. The molecule has 4 aromatic rings. The van der Waals surface area contributed by atoms with Crippen molar-refractivity contribution in [1.29, 1.82) is 0 Å². The van der Waals surface area contributed by atoms with Gasteiger partial charge in [-0.1, -0.05) is 17.4 Å². The maximum atomic E-state index is 12.9. The van der Waals surface area contributed by atoms with Gasteiger partial charge < -0.3 is 20.0 Å². The molecular formula is C22H25N7OS. The lowest BCUT2D eigenvalue weighted by Gasteiger charge is -2.34. The number of piperazine rings is 1. The molecule has 0 aliphatic carbocycles. The van der Waals surface area contributed by atoms with Gasteiger partial charge in [0.2, 0.25) is 10.1 Å². The summed E-state index contributed by atoms with van der Waals surface area (Å²) >= 11 is 1.37. The Hall–Kier alpha value is -3.17. The summed E-state index contributed by atoms with van der Waals surface area (Å²) in [6.45, 7) is 4.16. The first kappa shape index (κ1) is 19.8. The number of anilines is 4. The summed E-state index contributed by atoms with van der Waals surface area (Å²) in [5.41, 5.74) is 3.68. The van der Waals surface area contributed by atoms with Crippen molar-refractivity contribution in [3.8, 4) is 0 Å². The molecule has 9 heteroatoms. The van der Waals surface area contributed by atoms with Crippen molar-refractivity contribution in [2.24, 2.45) is 0 Å². The molecule has 31 heavy (non-hydrogen) atoms. The Bertz CT molecular complexity index is 1300. The zero-order valence-electron chi connectivity index (χ0n) is 17.9. The van der Waals surface area contributed by atoms with Crippen molar-refractivity contribution in [2.45, 2.75) is 0 Å². The van der Waals surface area contributed by atoms with Crippen LogP contribution in [0.1, 0.15) is 0 Å². The zero-order valence-corrected chi connectivity index (χ0v) is 18.7. The molecule has 1 saturated heterocycles. The van der Waals surface area contributed by atoms with Crippen molar-refractivity contribution < 1.29 is 0 Å². The van der Waals surface area contributed by atoms with Gasteiger partial charge in [-0.05, 0) is 43.4 Å². The second-order valence-corrected chi connectivity index (χ2v) is 9.04. The number of fused-ring (bicyclic) bond motifs is 2. The second-order valence-electron chi connectivity index (χ2n) is 8.08. The van der Waals surface area contributed by atoms with Crippen LogP contribution in [0.25, 0.3) is 15.9 Å². The number of aromatic nitrogens is 3. The van der Waals surface area contributed by atoms with Gasteiger partial charge in [0.1, 0.15) is 0 Å². The molecule has 0 unspecified atom stereocenters. The average molecular weight is 436 g/mol. The Morgan fingerprint density at radius 3 is 2.65 bits per heavy atom. The average Bonchev–Trinajstić information content (AvgIpc) is 3.16. The molecule has 5 rings (SSSR count). The molecule has 0 bridgehead atoms. The highest BCUT2D eigenvalue weighted by Crippen LogP contribution is 2.27. The molecule has 2 aromatic carbocycles. The molecule has 0 saturated carbocycles. The summed E-state index contributed by atoms with van der Waals surface area (Å²) in [6.07, 6.45) is 0. The van der Waals surface area contributed by atoms with Gasteiger partial charge in [0.05, 0.1) is 10.9 Å². The van der Waals surface area contributed by atoms with Crippen LogP contribution in [0.3, 0.4) is 0 Å². The van der Waals surface area contributed by atoms with Gasteiger partial charge in [-0.25, -0.2) is 4.98 Å². The third-order valence-electron chi connectivity index (χ3n) is 5.66. The van der Waals surface area contributed by atoms with E-state index in [4.69, 9.17) is 0 Å². The highest BCUT2D eigenvalue weighted by molar-refractivity contribution is 7.20. The van der Waals surface area contributed by atoms with Crippen molar-refractivity contribution in [3.05, 3.63) is 52.8 Å². The maximum absolute atomic E-state index is 12.9. The largest absolute Gasteiger partial charge is 0.378 e. The minimum atomic E-state index is -0.152.